The molecule has 0 saturated heterocycles. The summed E-state index contributed by atoms with van der Waals surface area (Å²) in [5.74, 6) is -1.05. The maximum absolute atomic E-state index is 13.2. The number of halogens is 3. The number of amides is 1. The third kappa shape index (κ3) is 4.87. The zero-order valence-corrected chi connectivity index (χ0v) is 16.4. The quantitative estimate of drug-likeness (QED) is 0.759. The summed E-state index contributed by atoms with van der Waals surface area (Å²) in [6.07, 6.45) is 1.20. The Morgan fingerprint density at radius 3 is 2.27 bits per heavy atom. The van der Waals surface area contributed by atoms with E-state index in [-0.39, 0.29) is 17.1 Å². The minimum atomic E-state index is -3.79. The summed E-state index contributed by atoms with van der Waals surface area (Å²) in [6.45, 7) is 1.68. The van der Waals surface area contributed by atoms with Crippen LogP contribution in [0.1, 0.15) is 13.3 Å². The smallest absolute Gasteiger partial charge is 0.248 e. The first kappa shape index (κ1) is 20.5. The molecule has 140 valence electrons. The summed E-state index contributed by atoms with van der Waals surface area (Å²) >= 11 is 11.8. The molecule has 0 radical (unpaired) electrons. The highest BCUT2D eigenvalue weighted by Gasteiger charge is 2.31. The Labute approximate surface area is 161 Å². The number of nitrogens with zero attached hydrogens (tertiary/aromatic N) is 1. The van der Waals surface area contributed by atoms with Crippen molar-refractivity contribution in [3.05, 3.63) is 58.3 Å². The minimum absolute atomic E-state index is 0.199. The van der Waals surface area contributed by atoms with Crippen LogP contribution in [-0.2, 0) is 14.8 Å². The molecule has 0 aromatic heterocycles. The zero-order chi connectivity index (χ0) is 19.5. The maximum Gasteiger partial charge on any atom is 0.248 e. The second kappa shape index (κ2) is 8.24. The highest BCUT2D eigenvalue weighted by molar-refractivity contribution is 7.92. The maximum atomic E-state index is 13.2. The van der Waals surface area contributed by atoms with Gasteiger partial charge in [-0.25, -0.2) is 12.8 Å². The van der Waals surface area contributed by atoms with Crippen LogP contribution in [0.4, 0.5) is 15.8 Å². The van der Waals surface area contributed by atoms with Gasteiger partial charge in [-0.1, -0.05) is 30.1 Å². The zero-order valence-electron chi connectivity index (χ0n) is 14.0. The molecule has 0 aliphatic carbocycles. The molecule has 2 aromatic carbocycles. The van der Waals surface area contributed by atoms with Crippen LogP contribution in [0.3, 0.4) is 0 Å². The summed E-state index contributed by atoms with van der Waals surface area (Å²) in [4.78, 5) is 12.7. The number of benzene rings is 2. The first-order chi connectivity index (χ1) is 12.1. The van der Waals surface area contributed by atoms with Gasteiger partial charge in [-0.3, -0.25) is 9.10 Å². The number of rotatable bonds is 6. The fourth-order valence-corrected chi connectivity index (χ4v) is 3.96. The highest BCUT2D eigenvalue weighted by Crippen LogP contribution is 2.27. The van der Waals surface area contributed by atoms with E-state index in [2.05, 4.69) is 5.32 Å². The van der Waals surface area contributed by atoms with E-state index in [9.17, 15) is 17.6 Å². The van der Waals surface area contributed by atoms with Crippen LogP contribution in [0.2, 0.25) is 10.0 Å². The molecule has 0 bridgehead atoms. The monoisotopic (exact) mass is 418 g/mol. The van der Waals surface area contributed by atoms with E-state index >= 15 is 0 Å². The normalized spacial score (nSPS) is 12.5. The molecule has 1 amide bonds. The molecule has 5 nitrogen and oxygen atoms in total. The number of anilines is 2. The van der Waals surface area contributed by atoms with Crippen molar-refractivity contribution >= 4 is 50.5 Å². The van der Waals surface area contributed by atoms with Crippen molar-refractivity contribution in [3.63, 3.8) is 0 Å². The lowest BCUT2D eigenvalue weighted by molar-refractivity contribution is -0.117. The largest absolute Gasteiger partial charge is 0.324 e. The molecule has 9 heteroatoms. The van der Waals surface area contributed by atoms with Crippen LogP contribution in [-0.4, -0.2) is 26.6 Å². The molecule has 1 atom stereocenters. The lowest BCUT2D eigenvalue weighted by atomic mass is 10.1. The van der Waals surface area contributed by atoms with Crippen LogP contribution in [0, 0.1) is 5.82 Å². The molecule has 0 fully saturated rings. The van der Waals surface area contributed by atoms with E-state index in [0.29, 0.717) is 10.7 Å². The fourth-order valence-electron chi connectivity index (χ4n) is 2.45. The molecular weight excluding hydrogens is 402 g/mol. The number of hydrogen-bond acceptors (Lipinski definition) is 3. The lowest BCUT2D eigenvalue weighted by Crippen LogP contribution is -2.47. The molecular formula is C17H17Cl2FN2O3S. The van der Waals surface area contributed by atoms with Gasteiger partial charge in [0.15, 0.2) is 0 Å². The van der Waals surface area contributed by atoms with Crippen molar-refractivity contribution in [1.82, 2.24) is 0 Å². The van der Waals surface area contributed by atoms with Gasteiger partial charge in [0.2, 0.25) is 15.9 Å². The van der Waals surface area contributed by atoms with E-state index in [1.807, 2.05) is 0 Å². The summed E-state index contributed by atoms with van der Waals surface area (Å²) in [5.41, 5.74) is 0.584. The molecule has 2 aromatic rings. The number of carbonyl (C=O) groups is 1. The highest BCUT2D eigenvalue weighted by atomic mass is 35.5. The van der Waals surface area contributed by atoms with Crippen molar-refractivity contribution in [2.75, 3.05) is 15.9 Å². The standard InChI is InChI=1S/C17H17Cl2FN2O3S/c1-3-16(17(23)21-12-6-9-14(18)15(19)10-12)22(26(2,24)25)13-7-4-11(20)5-8-13/h4-10,16H,3H2,1-2H3,(H,21,23)/t16-/m0/s1. The number of carbonyl (C=O) groups excluding carboxylic acids is 1. The van der Waals surface area contributed by atoms with Crippen molar-refractivity contribution in [3.8, 4) is 0 Å². The van der Waals surface area contributed by atoms with Crippen LogP contribution < -0.4 is 9.62 Å². The summed E-state index contributed by atoms with van der Waals surface area (Å²) in [5, 5.41) is 3.23. The Bertz CT molecular complexity index is 905. The number of nitrogens with one attached hydrogen (secondary N) is 1. The first-order valence-electron chi connectivity index (χ1n) is 7.64. The van der Waals surface area contributed by atoms with E-state index in [4.69, 9.17) is 23.2 Å². The van der Waals surface area contributed by atoms with Crippen molar-refractivity contribution < 1.29 is 17.6 Å². The van der Waals surface area contributed by atoms with Gasteiger partial charge in [-0.05, 0) is 48.9 Å². The molecule has 1 N–H and O–H groups in total. The van der Waals surface area contributed by atoms with Gasteiger partial charge in [-0.2, -0.15) is 0 Å². The van der Waals surface area contributed by atoms with Crippen LogP contribution in [0.25, 0.3) is 0 Å². The molecule has 0 heterocycles. The Morgan fingerprint density at radius 1 is 1.15 bits per heavy atom. The minimum Gasteiger partial charge on any atom is -0.324 e. The van der Waals surface area contributed by atoms with E-state index in [1.165, 1.54) is 24.3 Å². The van der Waals surface area contributed by atoms with E-state index in [0.717, 1.165) is 22.7 Å². The molecule has 26 heavy (non-hydrogen) atoms. The van der Waals surface area contributed by atoms with E-state index in [1.54, 1.807) is 13.0 Å². The van der Waals surface area contributed by atoms with Crippen molar-refractivity contribution in [1.29, 1.82) is 0 Å². The third-order valence-electron chi connectivity index (χ3n) is 3.60. The molecule has 0 aliphatic heterocycles. The summed E-state index contributed by atoms with van der Waals surface area (Å²) in [7, 11) is -3.79. The Kier molecular flexibility index (Phi) is 6.49. The van der Waals surface area contributed by atoms with Gasteiger partial charge in [0, 0.05) is 5.69 Å². The second-order valence-corrected chi connectivity index (χ2v) is 8.25. The number of sulfonamides is 1. The predicted molar refractivity (Wildman–Crippen MR) is 103 cm³/mol. The molecule has 0 aliphatic rings. The van der Waals surface area contributed by atoms with E-state index < -0.39 is 27.8 Å². The average Bonchev–Trinajstić information content (AvgIpc) is 2.56. The van der Waals surface area contributed by atoms with Crippen LogP contribution in [0.5, 0.6) is 0 Å². The fraction of sp³-hybridized carbons (Fsp3) is 0.235. The average molecular weight is 419 g/mol. The number of hydrogen-bond donors (Lipinski definition) is 1. The summed E-state index contributed by atoms with van der Waals surface area (Å²) in [6, 6.07) is 8.42. The van der Waals surface area contributed by atoms with Crippen LogP contribution >= 0.6 is 23.2 Å². The second-order valence-electron chi connectivity index (χ2n) is 5.58. The predicted octanol–water partition coefficient (Wildman–Crippen LogP) is 4.32. The van der Waals surface area contributed by atoms with Crippen molar-refractivity contribution in [2.24, 2.45) is 0 Å². The van der Waals surface area contributed by atoms with Gasteiger partial charge < -0.3 is 5.32 Å². The topological polar surface area (TPSA) is 66.5 Å². The Morgan fingerprint density at radius 2 is 1.77 bits per heavy atom. The van der Waals surface area contributed by atoms with Crippen molar-refractivity contribution in [2.45, 2.75) is 19.4 Å². The summed E-state index contributed by atoms with van der Waals surface area (Å²) < 4.78 is 38.7. The Balaban J connectivity index is 2.36. The molecule has 2 rings (SSSR count). The van der Waals surface area contributed by atoms with Gasteiger partial charge in [0.1, 0.15) is 11.9 Å². The van der Waals surface area contributed by atoms with Gasteiger partial charge in [0.05, 0.1) is 22.0 Å². The molecule has 0 saturated carbocycles. The molecule has 0 spiro atoms. The lowest BCUT2D eigenvalue weighted by Gasteiger charge is -2.30. The van der Waals surface area contributed by atoms with Gasteiger partial charge in [0.25, 0.3) is 0 Å². The molecule has 0 unspecified atom stereocenters. The van der Waals surface area contributed by atoms with Crippen LogP contribution in [0.15, 0.2) is 42.5 Å². The van der Waals surface area contributed by atoms with Gasteiger partial charge in [-0.15, -0.1) is 0 Å². The first-order valence-corrected chi connectivity index (χ1v) is 10.2. The SMILES string of the molecule is CC[C@@H](C(=O)Nc1ccc(Cl)c(Cl)c1)N(c1ccc(F)cc1)S(C)(=O)=O. The Hall–Kier alpha value is -1.83. The van der Waals surface area contributed by atoms with Gasteiger partial charge >= 0.3 is 0 Å². The third-order valence-corrected chi connectivity index (χ3v) is 5.52.